The topological polar surface area (TPSA) is 16.4 Å². The predicted molar refractivity (Wildman–Crippen MR) is 271 cm³/mol. The van der Waals surface area contributed by atoms with Crippen molar-refractivity contribution in [2.45, 2.75) is 0 Å². The Morgan fingerprint density at radius 2 is 0.719 bits per heavy atom. The number of fused-ring (bicyclic) bond motifs is 5. The summed E-state index contributed by atoms with van der Waals surface area (Å²) in [5.74, 6) is 0. The van der Waals surface area contributed by atoms with Crippen LogP contribution in [0.5, 0.6) is 0 Å². The van der Waals surface area contributed by atoms with Crippen LogP contribution in [0.4, 0.5) is 17.1 Å². The van der Waals surface area contributed by atoms with Gasteiger partial charge in [0.25, 0.3) is 0 Å². The molecule has 0 spiro atoms. The lowest BCUT2D eigenvalue weighted by molar-refractivity contribution is 0.669. The van der Waals surface area contributed by atoms with E-state index in [2.05, 4.69) is 248 Å². The summed E-state index contributed by atoms with van der Waals surface area (Å²) in [4.78, 5) is 2.40. The van der Waals surface area contributed by atoms with E-state index >= 15 is 0 Å². The Morgan fingerprint density at radius 1 is 0.266 bits per heavy atom. The zero-order valence-electron chi connectivity index (χ0n) is 35.0. The number of hydrogen-bond donors (Lipinski definition) is 0. The zero-order valence-corrected chi connectivity index (χ0v) is 35.0. The monoisotopic (exact) mass is 815 g/mol. The van der Waals surface area contributed by atoms with Crippen LogP contribution in [0.15, 0.2) is 253 Å². The summed E-state index contributed by atoms with van der Waals surface area (Å²) in [7, 11) is 0. The summed E-state index contributed by atoms with van der Waals surface area (Å²) in [6.45, 7) is 0. The molecule has 0 aliphatic carbocycles. The maximum absolute atomic E-state index is 6.40. The first-order chi connectivity index (χ1) is 31.7. The molecule has 1 heterocycles. The second-order valence-corrected chi connectivity index (χ2v) is 16.4. The van der Waals surface area contributed by atoms with Gasteiger partial charge < -0.3 is 9.32 Å². The van der Waals surface area contributed by atoms with Crippen molar-refractivity contribution in [3.8, 4) is 55.6 Å². The third-order valence-electron chi connectivity index (χ3n) is 12.7. The number of hydrogen-bond acceptors (Lipinski definition) is 2. The summed E-state index contributed by atoms with van der Waals surface area (Å²) >= 11 is 0. The molecule has 12 aromatic rings. The van der Waals surface area contributed by atoms with Crippen molar-refractivity contribution in [3.63, 3.8) is 0 Å². The summed E-state index contributed by atoms with van der Waals surface area (Å²) in [6.07, 6.45) is 0. The Balaban J connectivity index is 0.956. The average molecular weight is 816 g/mol. The van der Waals surface area contributed by atoms with E-state index in [1.54, 1.807) is 0 Å². The molecule has 0 aliphatic rings. The molecule has 12 rings (SSSR count). The second kappa shape index (κ2) is 15.8. The van der Waals surface area contributed by atoms with Crippen LogP contribution in [0.3, 0.4) is 0 Å². The molecule has 0 aliphatic heterocycles. The molecule has 0 unspecified atom stereocenters. The zero-order chi connectivity index (χ0) is 42.4. The van der Waals surface area contributed by atoms with Gasteiger partial charge in [-0.15, -0.1) is 0 Å². The molecule has 2 heteroatoms. The molecule has 0 saturated carbocycles. The van der Waals surface area contributed by atoms with Gasteiger partial charge in [-0.05, 0) is 114 Å². The predicted octanol–water partition coefficient (Wildman–Crippen LogP) is 17.7. The molecule has 0 saturated heterocycles. The van der Waals surface area contributed by atoms with Crippen molar-refractivity contribution in [1.82, 2.24) is 0 Å². The van der Waals surface area contributed by atoms with E-state index in [1.807, 2.05) is 6.07 Å². The van der Waals surface area contributed by atoms with Gasteiger partial charge in [-0.2, -0.15) is 0 Å². The Labute approximate surface area is 372 Å². The average Bonchev–Trinajstić information content (AvgIpc) is 3.76. The van der Waals surface area contributed by atoms with E-state index in [0.29, 0.717) is 0 Å². The van der Waals surface area contributed by atoms with Crippen LogP contribution in [0.2, 0.25) is 0 Å². The number of para-hydroxylation sites is 2. The smallest absolute Gasteiger partial charge is 0.136 e. The minimum absolute atomic E-state index is 0.879. The van der Waals surface area contributed by atoms with Crippen LogP contribution >= 0.6 is 0 Å². The van der Waals surface area contributed by atoms with Gasteiger partial charge in [0.05, 0.1) is 5.69 Å². The van der Waals surface area contributed by atoms with E-state index < -0.39 is 0 Å². The molecule has 300 valence electrons. The van der Waals surface area contributed by atoms with Gasteiger partial charge >= 0.3 is 0 Å². The van der Waals surface area contributed by atoms with Crippen LogP contribution in [0.1, 0.15) is 0 Å². The third-order valence-corrected chi connectivity index (χ3v) is 12.7. The number of furan rings is 1. The Kier molecular flexibility index (Phi) is 9.20. The van der Waals surface area contributed by atoms with E-state index in [1.165, 1.54) is 49.4 Å². The van der Waals surface area contributed by atoms with Gasteiger partial charge in [-0.1, -0.05) is 206 Å². The molecular weight excluding hydrogens is 775 g/mol. The van der Waals surface area contributed by atoms with Crippen molar-refractivity contribution in [2.75, 3.05) is 4.90 Å². The Bertz CT molecular complexity index is 3640. The molecule has 0 amide bonds. The third kappa shape index (κ3) is 6.61. The van der Waals surface area contributed by atoms with Crippen molar-refractivity contribution in [2.24, 2.45) is 0 Å². The summed E-state index contributed by atoms with van der Waals surface area (Å²) in [6, 6.07) is 89.7. The molecular formula is C62H41NO. The first-order valence-electron chi connectivity index (χ1n) is 21.9. The van der Waals surface area contributed by atoms with Crippen molar-refractivity contribution < 1.29 is 4.42 Å². The first-order valence-corrected chi connectivity index (χ1v) is 21.9. The summed E-state index contributed by atoms with van der Waals surface area (Å²) in [5.41, 5.74) is 16.8. The molecule has 11 aromatic carbocycles. The standard InChI is InChI=1S/C62H41NO/c1-3-19-52-45(13-1)15-10-23-54(52)47-33-29-42(30-34-47)43-37-39-50(40-38-43)63(59-26-7-5-21-56(59)57-25-12-28-61-62(57)58-22-6-8-27-60(58)64-61)51-18-9-17-49(41-51)44-31-35-48(36-32-44)55-24-11-16-46-14-2-4-20-53(46)55/h1-41H. The lowest BCUT2D eigenvalue weighted by Crippen LogP contribution is -2.11. The van der Waals surface area contributed by atoms with Gasteiger partial charge in [0.1, 0.15) is 11.2 Å². The lowest BCUT2D eigenvalue weighted by atomic mass is 9.95. The SMILES string of the molecule is c1cc(-c2ccc(-c3cccc4ccccc34)cc2)cc(N(c2ccc(-c3ccc(-c4cccc5ccccc45)cc3)cc2)c2ccccc2-c2cccc3oc4ccccc4c23)c1. The number of rotatable bonds is 8. The fraction of sp³-hybridized carbons (Fsp3) is 0. The molecule has 0 fully saturated rings. The minimum atomic E-state index is 0.879. The molecule has 0 atom stereocenters. The molecule has 0 radical (unpaired) electrons. The second-order valence-electron chi connectivity index (χ2n) is 16.4. The maximum atomic E-state index is 6.40. The molecule has 64 heavy (non-hydrogen) atoms. The van der Waals surface area contributed by atoms with Gasteiger partial charge in [0.15, 0.2) is 0 Å². The molecule has 1 aromatic heterocycles. The van der Waals surface area contributed by atoms with Crippen molar-refractivity contribution in [1.29, 1.82) is 0 Å². The largest absolute Gasteiger partial charge is 0.456 e. The van der Waals surface area contributed by atoms with Crippen molar-refractivity contribution >= 4 is 60.5 Å². The van der Waals surface area contributed by atoms with Crippen LogP contribution in [-0.2, 0) is 0 Å². The minimum Gasteiger partial charge on any atom is -0.456 e. The van der Waals surface area contributed by atoms with Crippen LogP contribution in [-0.4, -0.2) is 0 Å². The van der Waals surface area contributed by atoms with E-state index in [4.69, 9.17) is 4.42 Å². The van der Waals surface area contributed by atoms with Crippen LogP contribution < -0.4 is 4.90 Å². The number of benzene rings is 11. The number of nitrogens with zero attached hydrogens (tertiary/aromatic N) is 1. The summed E-state index contributed by atoms with van der Waals surface area (Å²) < 4.78 is 6.40. The van der Waals surface area contributed by atoms with Gasteiger partial charge in [0, 0.05) is 27.7 Å². The molecule has 2 nitrogen and oxygen atoms in total. The van der Waals surface area contributed by atoms with Gasteiger partial charge in [-0.25, -0.2) is 0 Å². The molecule has 0 N–H and O–H groups in total. The van der Waals surface area contributed by atoms with Crippen molar-refractivity contribution in [3.05, 3.63) is 249 Å². The van der Waals surface area contributed by atoms with Gasteiger partial charge in [-0.3, -0.25) is 0 Å². The lowest BCUT2D eigenvalue weighted by Gasteiger charge is -2.28. The summed E-state index contributed by atoms with van der Waals surface area (Å²) in [5, 5.41) is 7.25. The highest BCUT2D eigenvalue weighted by Crippen LogP contribution is 2.46. The maximum Gasteiger partial charge on any atom is 0.136 e. The van der Waals surface area contributed by atoms with E-state index in [-0.39, 0.29) is 0 Å². The Hall–Kier alpha value is -8.46. The normalized spacial score (nSPS) is 11.4. The molecule has 0 bridgehead atoms. The van der Waals surface area contributed by atoms with Gasteiger partial charge in [0.2, 0.25) is 0 Å². The fourth-order valence-electron chi connectivity index (χ4n) is 9.59. The quantitative estimate of drug-likeness (QED) is 0.152. The highest BCUT2D eigenvalue weighted by Gasteiger charge is 2.21. The number of anilines is 3. The Morgan fingerprint density at radius 3 is 1.39 bits per heavy atom. The van der Waals surface area contributed by atoms with E-state index in [9.17, 15) is 0 Å². The van der Waals surface area contributed by atoms with Crippen LogP contribution in [0, 0.1) is 0 Å². The van der Waals surface area contributed by atoms with Crippen LogP contribution in [0.25, 0.3) is 99.1 Å². The first kappa shape index (κ1) is 37.3. The highest BCUT2D eigenvalue weighted by molar-refractivity contribution is 6.14. The van der Waals surface area contributed by atoms with E-state index in [0.717, 1.165) is 66.8 Å². The fourth-order valence-corrected chi connectivity index (χ4v) is 9.59. The highest BCUT2D eigenvalue weighted by atomic mass is 16.3.